The molecule has 0 atom stereocenters. The van der Waals surface area contributed by atoms with Crippen molar-refractivity contribution in [2.45, 2.75) is 0 Å². The van der Waals surface area contributed by atoms with Crippen molar-refractivity contribution in [3.8, 4) is 0 Å². The van der Waals surface area contributed by atoms with Gasteiger partial charge in [0.25, 0.3) is 0 Å². The highest BCUT2D eigenvalue weighted by atomic mass is 79.9. The minimum absolute atomic E-state index is 0.226. The van der Waals surface area contributed by atoms with Gasteiger partial charge in [-0.25, -0.2) is 9.97 Å². The van der Waals surface area contributed by atoms with E-state index in [0.29, 0.717) is 4.60 Å². The molecule has 0 aliphatic carbocycles. The van der Waals surface area contributed by atoms with Gasteiger partial charge in [0, 0.05) is 0 Å². The van der Waals surface area contributed by atoms with Gasteiger partial charge in [-0.2, -0.15) is 0 Å². The van der Waals surface area contributed by atoms with E-state index in [1.807, 2.05) is 0 Å². The van der Waals surface area contributed by atoms with Crippen LogP contribution < -0.4 is 5.73 Å². The molecule has 0 spiro atoms. The molecule has 1 rings (SSSR count). The normalized spacial score (nSPS) is 9.56. The largest absolute Gasteiger partial charge is 0.381 e. The van der Waals surface area contributed by atoms with E-state index in [0.717, 1.165) is 0 Å². The van der Waals surface area contributed by atoms with Gasteiger partial charge in [-0.3, -0.25) is 0 Å². The first-order chi connectivity index (χ1) is 4.20. The molecule has 2 N–H and O–H groups in total. The van der Waals surface area contributed by atoms with E-state index in [1.165, 1.54) is 6.20 Å². The first-order valence-corrected chi connectivity index (χ1v) is 3.31. The smallest absolute Gasteiger partial charge is 0.172 e. The second-order valence-electron chi connectivity index (χ2n) is 1.37. The summed E-state index contributed by atoms with van der Waals surface area (Å²) in [5.41, 5.74) is 5.26. The highest BCUT2D eigenvalue weighted by molar-refractivity contribution is 9.10. The van der Waals surface area contributed by atoms with Crippen molar-refractivity contribution in [1.82, 2.24) is 9.97 Å². The molecule has 0 saturated heterocycles. The second-order valence-corrected chi connectivity index (χ2v) is 2.54. The summed E-state index contributed by atoms with van der Waals surface area (Å²) in [6.07, 6.45) is 1.49. The Hall–Kier alpha value is -0.350. The number of hydrogen-bond acceptors (Lipinski definition) is 3. The molecule has 1 heterocycles. The minimum Gasteiger partial charge on any atom is -0.381 e. The van der Waals surface area contributed by atoms with Crippen LogP contribution in [0.3, 0.4) is 0 Å². The van der Waals surface area contributed by atoms with Crippen LogP contribution >= 0.6 is 27.5 Å². The summed E-state index contributed by atoms with van der Waals surface area (Å²) in [4.78, 5) is 7.48. The van der Waals surface area contributed by atoms with Crippen molar-refractivity contribution in [2.75, 3.05) is 5.73 Å². The lowest BCUT2D eigenvalue weighted by Crippen LogP contribution is -1.92. The molecule has 0 aromatic carbocycles. The van der Waals surface area contributed by atoms with Gasteiger partial charge in [-0.1, -0.05) is 11.6 Å². The van der Waals surface area contributed by atoms with Gasteiger partial charge in [-0.05, 0) is 15.9 Å². The maximum Gasteiger partial charge on any atom is 0.172 e. The maximum atomic E-state index is 5.49. The first kappa shape index (κ1) is 6.77. The Morgan fingerprint density at radius 1 is 1.67 bits per heavy atom. The minimum atomic E-state index is 0.226. The molecule has 1 aromatic rings. The lowest BCUT2D eigenvalue weighted by molar-refractivity contribution is 1.17. The third-order valence-electron chi connectivity index (χ3n) is 0.726. The van der Waals surface area contributed by atoms with Crippen LogP contribution in [0, 0.1) is 0 Å². The fourth-order valence-corrected chi connectivity index (χ4v) is 0.878. The second kappa shape index (κ2) is 2.49. The molecule has 3 nitrogen and oxygen atoms in total. The Morgan fingerprint density at radius 2 is 2.33 bits per heavy atom. The summed E-state index contributed by atoms with van der Waals surface area (Å²) in [6.45, 7) is 0. The number of nitrogen functional groups attached to an aromatic ring is 1. The first-order valence-electron chi connectivity index (χ1n) is 2.13. The predicted octanol–water partition coefficient (Wildman–Crippen LogP) is 1.47. The molecule has 0 amide bonds. The van der Waals surface area contributed by atoms with Crippen LogP contribution in [0.5, 0.6) is 0 Å². The summed E-state index contributed by atoms with van der Waals surface area (Å²) in [5.74, 6) is 0.250. The fourth-order valence-electron chi connectivity index (χ4n) is 0.356. The van der Waals surface area contributed by atoms with Crippen LogP contribution in [0.15, 0.2) is 10.8 Å². The molecule has 0 bridgehead atoms. The van der Waals surface area contributed by atoms with Crippen LogP contribution in [0.25, 0.3) is 0 Å². The highest BCUT2D eigenvalue weighted by Crippen LogP contribution is 2.14. The number of hydrogen-bond donors (Lipinski definition) is 1. The number of aromatic nitrogens is 2. The van der Waals surface area contributed by atoms with Crippen molar-refractivity contribution in [3.05, 3.63) is 16.0 Å². The Labute approximate surface area is 65.4 Å². The Kier molecular flexibility index (Phi) is 1.87. The third kappa shape index (κ3) is 1.53. The summed E-state index contributed by atoms with van der Waals surface area (Å²) in [7, 11) is 0. The van der Waals surface area contributed by atoms with Crippen LogP contribution in [-0.4, -0.2) is 9.97 Å². The summed E-state index contributed by atoms with van der Waals surface area (Å²) in [6, 6.07) is 0. The SMILES string of the molecule is Nc1ncc(Br)nc1Cl. The topological polar surface area (TPSA) is 51.8 Å². The molecule has 0 unspecified atom stereocenters. The molecule has 5 heteroatoms. The monoisotopic (exact) mass is 207 g/mol. The number of rotatable bonds is 0. The van der Waals surface area contributed by atoms with Crippen molar-refractivity contribution >= 4 is 33.3 Å². The third-order valence-corrected chi connectivity index (χ3v) is 1.39. The summed E-state index contributed by atoms with van der Waals surface area (Å²) >= 11 is 8.57. The average Bonchev–Trinajstić information content (AvgIpc) is 1.80. The molecule has 0 radical (unpaired) electrons. The van der Waals surface area contributed by atoms with Gasteiger partial charge < -0.3 is 5.73 Å². The molecule has 0 saturated carbocycles. The predicted molar refractivity (Wildman–Crippen MR) is 39.2 cm³/mol. The van der Waals surface area contributed by atoms with Gasteiger partial charge in [0.15, 0.2) is 11.0 Å². The molecular formula is C4H3BrClN3. The van der Waals surface area contributed by atoms with Crippen molar-refractivity contribution in [3.63, 3.8) is 0 Å². The number of halogens is 2. The summed E-state index contributed by atoms with van der Waals surface area (Å²) < 4.78 is 0.585. The molecule has 0 aliphatic rings. The Bertz CT molecular complexity index is 227. The molecule has 1 aromatic heterocycles. The summed E-state index contributed by atoms with van der Waals surface area (Å²) in [5, 5.41) is 0.226. The van der Waals surface area contributed by atoms with Crippen LogP contribution in [0.1, 0.15) is 0 Å². The quantitative estimate of drug-likeness (QED) is 0.702. The van der Waals surface area contributed by atoms with Gasteiger partial charge in [0.05, 0.1) is 6.20 Å². The standard InChI is InChI=1S/C4H3BrClN3/c5-2-1-8-4(7)3(6)9-2/h1H,(H2,7,8). The van der Waals surface area contributed by atoms with Crippen molar-refractivity contribution in [1.29, 1.82) is 0 Å². The van der Waals surface area contributed by atoms with Crippen LogP contribution in [0.4, 0.5) is 5.82 Å². The lowest BCUT2D eigenvalue weighted by atomic mass is 10.7. The van der Waals surface area contributed by atoms with Gasteiger partial charge in [0.1, 0.15) is 4.60 Å². The zero-order valence-corrected chi connectivity index (χ0v) is 6.65. The number of nitrogens with zero attached hydrogens (tertiary/aromatic N) is 2. The van der Waals surface area contributed by atoms with Crippen molar-refractivity contribution in [2.24, 2.45) is 0 Å². The van der Waals surface area contributed by atoms with Crippen molar-refractivity contribution < 1.29 is 0 Å². The Balaban J connectivity index is 3.17. The average molecular weight is 208 g/mol. The van der Waals surface area contributed by atoms with E-state index in [9.17, 15) is 0 Å². The highest BCUT2D eigenvalue weighted by Gasteiger charge is 1.96. The van der Waals surface area contributed by atoms with E-state index < -0.39 is 0 Å². The fraction of sp³-hybridized carbons (Fsp3) is 0. The van der Waals surface area contributed by atoms with Gasteiger partial charge >= 0.3 is 0 Å². The zero-order valence-electron chi connectivity index (χ0n) is 4.31. The van der Waals surface area contributed by atoms with Crippen LogP contribution in [0.2, 0.25) is 5.15 Å². The molecule has 0 fully saturated rings. The molecule has 48 valence electrons. The van der Waals surface area contributed by atoms with E-state index in [1.54, 1.807) is 0 Å². The zero-order chi connectivity index (χ0) is 6.85. The van der Waals surface area contributed by atoms with Gasteiger partial charge in [-0.15, -0.1) is 0 Å². The Morgan fingerprint density at radius 3 is 2.78 bits per heavy atom. The van der Waals surface area contributed by atoms with E-state index in [2.05, 4.69) is 25.9 Å². The maximum absolute atomic E-state index is 5.49. The molecular weight excluding hydrogens is 205 g/mol. The van der Waals surface area contributed by atoms with E-state index in [-0.39, 0.29) is 11.0 Å². The van der Waals surface area contributed by atoms with Crippen LogP contribution in [-0.2, 0) is 0 Å². The number of nitrogens with two attached hydrogens (primary N) is 1. The number of anilines is 1. The van der Waals surface area contributed by atoms with E-state index >= 15 is 0 Å². The van der Waals surface area contributed by atoms with Gasteiger partial charge in [0.2, 0.25) is 0 Å². The van der Waals surface area contributed by atoms with E-state index in [4.69, 9.17) is 17.3 Å². The molecule has 9 heavy (non-hydrogen) atoms. The lowest BCUT2D eigenvalue weighted by Gasteiger charge is -1.93. The molecule has 0 aliphatic heterocycles.